The van der Waals surface area contributed by atoms with Gasteiger partial charge < -0.3 is 19.8 Å². The van der Waals surface area contributed by atoms with Gasteiger partial charge in [-0.05, 0) is 58.7 Å². The number of amides is 1. The van der Waals surface area contributed by atoms with Crippen molar-refractivity contribution in [3.8, 4) is 0 Å². The largest absolute Gasteiger partial charge is 0.461 e. The summed E-state index contributed by atoms with van der Waals surface area (Å²) in [7, 11) is 0. The fourth-order valence-electron chi connectivity index (χ4n) is 2.92. The Bertz CT molecular complexity index is 914. The second kappa shape index (κ2) is 8.73. The van der Waals surface area contributed by atoms with Crippen molar-refractivity contribution >= 4 is 23.5 Å². The number of carbonyl (C=O) groups is 3. The van der Waals surface area contributed by atoms with E-state index in [0.717, 1.165) is 11.1 Å². The van der Waals surface area contributed by atoms with Crippen molar-refractivity contribution in [1.29, 1.82) is 0 Å². The predicted molar refractivity (Wildman–Crippen MR) is 106 cm³/mol. The van der Waals surface area contributed by atoms with Crippen LogP contribution in [0.3, 0.4) is 0 Å². The van der Waals surface area contributed by atoms with E-state index in [1.165, 1.54) is 6.92 Å². The summed E-state index contributed by atoms with van der Waals surface area (Å²) < 4.78 is 10.3. The van der Waals surface area contributed by atoms with Gasteiger partial charge in [-0.3, -0.25) is 4.79 Å². The summed E-state index contributed by atoms with van der Waals surface area (Å²) in [6.07, 6.45) is -1.01. The number of hydrogen-bond donors (Lipinski definition) is 2. The predicted octanol–water partition coefficient (Wildman–Crippen LogP) is 3.61. The van der Waals surface area contributed by atoms with Crippen LogP contribution in [0.4, 0.5) is 5.69 Å². The van der Waals surface area contributed by atoms with E-state index >= 15 is 0 Å². The number of aromatic amines is 1. The van der Waals surface area contributed by atoms with E-state index in [9.17, 15) is 14.4 Å². The topological polar surface area (TPSA) is 97.5 Å². The summed E-state index contributed by atoms with van der Waals surface area (Å²) >= 11 is 0. The zero-order chi connectivity index (χ0) is 21.0. The molecule has 1 aromatic carbocycles. The van der Waals surface area contributed by atoms with Crippen LogP contribution in [0.2, 0.25) is 0 Å². The highest BCUT2D eigenvalue weighted by Crippen LogP contribution is 2.21. The number of nitrogens with one attached hydrogen (secondary N) is 2. The third-order valence-corrected chi connectivity index (χ3v) is 4.41. The second-order valence-corrected chi connectivity index (χ2v) is 6.70. The first-order valence-electron chi connectivity index (χ1n) is 9.11. The van der Waals surface area contributed by atoms with Crippen molar-refractivity contribution in [2.45, 2.75) is 47.6 Å². The summed E-state index contributed by atoms with van der Waals surface area (Å²) in [6, 6.07) is 5.65. The second-order valence-electron chi connectivity index (χ2n) is 6.70. The number of anilines is 1. The van der Waals surface area contributed by atoms with Crippen LogP contribution in [-0.4, -0.2) is 35.5 Å². The van der Waals surface area contributed by atoms with Gasteiger partial charge in [0.2, 0.25) is 0 Å². The molecule has 1 aromatic heterocycles. The molecule has 2 rings (SSSR count). The average molecular weight is 386 g/mol. The van der Waals surface area contributed by atoms with Gasteiger partial charge in [-0.2, -0.15) is 0 Å². The molecule has 0 saturated carbocycles. The Hall–Kier alpha value is -3.09. The maximum atomic E-state index is 12.6. The van der Waals surface area contributed by atoms with Gasteiger partial charge in [0.1, 0.15) is 5.69 Å². The summed E-state index contributed by atoms with van der Waals surface area (Å²) in [5.41, 5.74) is 4.02. The highest BCUT2D eigenvalue weighted by molar-refractivity contribution is 6.01. The number of aryl methyl sites for hydroxylation is 3. The number of carbonyl (C=O) groups excluding carboxylic acids is 3. The van der Waals surface area contributed by atoms with E-state index in [1.807, 2.05) is 32.0 Å². The molecule has 2 aromatic rings. The first kappa shape index (κ1) is 21.2. The third kappa shape index (κ3) is 4.60. The molecule has 0 unspecified atom stereocenters. The molecular weight excluding hydrogens is 360 g/mol. The van der Waals surface area contributed by atoms with Crippen LogP contribution in [0.25, 0.3) is 0 Å². The maximum Gasteiger partial charge on any atom is 0.355 e. The number of aromatic nitrogens is 1. The minimum Gasteiger partial charge on any atom is -0.461 e. The fourth-order valence-corrected chi connectivity index (χ4v) is 2.92. The summed E-state index contributed by atoms with van der Waals surface area (Å²) in [5, 5.41) is 2.77. The van der Waals surface area contributed by atoms with Crippen LogP contribution in [0.1, 0.15) is 57.1 Å². The summed E-state index contributed by atoms with van der Waals surface area (Å²) in [5.74, 6) is -1.65. The summed E-state index contributed by atoms with van der Waals surface area (Å²) in [4.78, 5) is 39.8. The number of H-pyrrole nitrogens is 1. The van der Waals surface area contributed by atoms with E-state index in [0.29, 0.717) is 16.9 Å². The normalized spacial score (nSPS) is 11.6. The molecule has 0 spiro atoms. The number of ether oxygens (including phenoxy) is 2. The van der Waals surface area contributed by atoms with Gasteiger partial charge in [-0.25, -0.2) is 9.59 Å². The molecule has 0 bridgehead atoms. The molecule has 0 saturated heterocycles. The monoisotopic (exact) mass is 386 g/mol. The molecule has 2 N–H and O–H groups in total. The first-order chi connectivity index (χ1) is 13.1. The lowest BCUT2D eigenvalue weighted by Gasteiger charge is -2.15. The Balaban J connectivity index is 2.11. The van der Waals surface area contributed by atoms with Crippen LogP contribution >= 0.6 is 0 Å². The Morgan fingerprint density at radius 2 is 1.79 bits per heavy atom. The van der Waals surface area contributed by atoms with Crippen molar-refractivity contribution < 1.29 is 23.9 Å². The minimum absolute atomic E-state index is 0.207. The Morgan fingerprint density at radius 1 is 1.11 bits per heavy atom. The van der Waals surface area contributed by atoms with Gasteiger partial charge in [-0.15, -0.1) is 0 Å². The molecule has 0 aliphatic carbocycles. The molecule has 0 aliphatic rings. The molecule has 7 heteroatoms. The lowest BCUT2D eigenvalue weighted by atomic mass is 10.1. The van der Waals surface area contributed by atoms with Crippen molar-refractivity contribution in [1.82, 2.24) is 4.98 Å². The van der Waals surface area contributed by atoms with Crippen LogP contribution in [0, 0.1) is 27.7 Å². The molecule has 1 amide bonds. The van der Waals surface area contributed by atoms with Crippen molar-refractivity contribution in [2.75, 3.05) is 11.9 Å². The van der Waals surface area contributed by atoms with Gasteiger partial charge >= 0.3 is 11.9 Å². The van der Waals surface area contributed by atoms with E-state index in [-0.39, 0.29) is 17.9 Å². The highest BCUT2D eigenvalue weighted by atomic mass is 16.5. The molecule has 150 valence electrons. The van der Waals surface area contributed by atoms with Gasteiger partial charge in [0, 0.05) is 11.4 Å². The number of hydrogen-bond acceptors (Lipinski definition) is 5. The van der Waals surface area contributed by atoms with E-state index < -0.39 is 23.9 Å². The molecule has 0 fully saturated rings. The molecule has 7 nitrogen and oxygen atoms in total. The van der Waals surface area contributed by atoms with Gasteiger partial charge in [-0.1, -0.05) is 17.7 Å². The van der Waals surface area contributed by atoms with Gasteiger partial charge in [0.05, 0.1) is 12.2 Å². The van der Waals surface area contributed by atoms with E-state index in [4.69, 9.17) is 9.47 Å². The fraction of sp³-hybridized carbons (Fsp3) is 0.381. The van der Waals surface area contributed by atoms with Crippen molar-refractivity contribution in [3.05, 3.63) is 51.8 Å². The van der Waals surface area contributed by atoms with Crippen molar-refractivity contribution in [2.24, 2.45) is 0 Å². The number of benzene rings is 1. The highest BCUT2D eigenvalue weighted by Gasteiger charge is 2.26. The number of rotatable bonds is 6. The van der Waals surface area contributed by atoms with Gasteiger partial charge in [0.25, 0.3) is 5.91 Å². The smallest absolute Gasteiger partial charge is 0.355 e. The quantitative estimate of drug-likeness (QED) is 0.739. The first-order valence-corrected chi connectivity index (χ1v) is 9.11. The number of esters is 2. The summed E-state index contributed by atoms with van der Waals surface area (Å²) in [6.45, 7) is 10.6. The molecule has 1 atom stereocenters. The lowest BCUT2D eigenvalue weighted by Crippen LogP contribution is -2.30. The Kier molecular flexibility index (Phi) is 6.62. The van der Waals surface area contributed by atoms with Crippen LogP contribution in [-0.2, 0) is 14.3 Å². The molecule has 1 heterocycles. The zero-order valence-corrected chi connectivity index (χ0v) is 17.1. The molecule has 28 heavy (non-hydrogen) atoms. The van der Waals surface area contributed by atoms with E-state index in [1.54, 1.807) is 20.8 Å². The minimum atomic E-state index is -1.01. The maximum absolute atomic E-state index is 12.6. The molecular formula is C21H26N2O5. The SMILES string of the molecule is CCOC(=O)c1[nH]c(C)c(C(=O)O[C@H](C)C(=O)Nc2ccc(C)cc2C)c1C. The lowest BCUT2D eigenvalue weighted by molar-refractivity contribution is -0.123. The molecule has 0 radical (unpaired) electrons. The van der Waals surface area contributed by atoms with E-state index in [2.05, 4.69) is 10.3 Å². The average Bonchev–Trinajstić information content (AvgIpc) is 2.92. The Morgan fingerprint density at radius 3 is 2.39 bits per heavy atom. The van der Waals surface area contributed by atoms with Crippen molar-refractivity contribution in [3.63, 3.8) is 0 Å². The third-order valence-electron chi connectivity index (χ3n) is 4.41. The standard InChI is InChI=1S/C21H26N2O5/c1-7-27-21(26)18-13(4)17(14(5)22-18)20(25)28-15(6)19(24)23-16-9-8-11(2)10-12(16)3/h8-10,15,22H,7H2,1-6H3,(H,23,24)/t15-/m1/s1. The Labute approximate surface area is 164 Å². The molecule has 0 aliphatic heterocycles. The van der Waals surface area contributed by atoms with Crippen LogP contribution in [0.5, 0.6) is 0 Å². The van der Waals surface area contributed by atoms with Crippen LogP contribution < -0.4 is 5.32 Å². The van der Waals surface area contributed by atoms with Crippen LogP contribution in [0.15, 0.2) is 18.2 Å². The van der Waals surface area contributed by atoms with Gasteiger partial charge in [0.15, 0.2) is 6.10 Å². The zero-order valence-electron chi connectivity index (χ0n) is 17.1.